The molecule has 112 valence electrons. The van der Waals surface area contributed by atoms with Gasteiger partial charge in [-0.2, -0.15) is 0 Å². The van der Waals surface area contributed by atoms with Crippen LogP contribution in [0.4, 0.5) is 0 Å². The van der Waals surface area contributed by atoms with Gasteiger partial charge < -0.3 is 15.2 Å². The third-order valence-electron chi connectivity index (χ3n) is 3.79. The van der Waals surface area contributed by atoms with Gasteiger partial charge >= 0.3 is 0 Å². The molecule has 2 rings (SSSR count). The lowest BCUT2D eigenvalue weighted by atomic mass is 9.98. The molecule has 1 aliphatic carbocycles. The summed E-state index contributed by atoms with van der Waals surface area (Å²) in [6.07, 6.45) is 6.21. The molecule has 1 saturated carbocycles. The topological polar surface area (TPSA) is 41.5 Å². The van der Waals surface area contributed by atoms with E-state index >= 15 is 0 Å². The van der Waals surface area contributed by atoms with Crippen molar-refractivity contribution < 1.29 is 9.84 Å². The van der Waals surface area contributed by atoms with E-state index in [0.29, 0.717) is 24.3 Å². The van der Waals surface area contributed by atoms with Crippen LogP contribution in [0.15, 0.2) is 24.3 Å². The molecule has 0 heterocycles. The van der Waals surface area contributed by atoms with E-state index in [1.807, 2.05) is 18.2 Å². The van der Waals surface area contributed by atoms with Gasteiger partial charge in [0.05, 0.1) is 18.8 Å². The van der Waals surface area contributed by atoms with Crippen molar-refractivity contribution in [1.29, 1.82) is 0 Å². The number of aliphatic hydroxyl groups is 1. The number of ether oxygens (including phenoxy) is 1. The summed E-state index contributed by atoms with van der Waals surface area (Å²) >= 11 is 6.05. The average Bonchev–Trinajstić information content (AvgIpc) is 2.48. The minimum Gasteiger partial charge on any atom is -0.387 e. The molecule has 1 aromatic carbocycles. The van der Waals surface area contributed by atoms with E-state index in [2.05, 4.69) is 5.32 Å². The minimum absolute atomic E-state index is 0.444. The second-order valence-corrected chi connectivity index (χ2v) is 5.78. The fourth-order valence-corrected chi connectivity index (χ4v) is 2.89. The van der Waals surface area contributed by atoms with Crippen molar-refractivity contribution in [2.75, 3.05) is 19.7 Å². The van der Waals surface area contributed by atoms with E-state index in [0.717, 1.165) is 12.1 Å². The van der Waals surface area contributed by atoms with Crippen LogP contribution in [0.2, 0.25) is 5.02 Å². The number of nitrogens with one attached hydrogen (secondary N) is 1. The van der Waals surface area contributed by atoms with E-state index < -0.39 is 6.10 Å². The first-order valence-electron chi connectivity index (χ1n) is 7.52. The molecular formula is C16H24ClNO2. The first-order chi connectivity index (χ1) is 9.77. The molecular weight excluding hydrogens is 274 g/mol. The van der Waals surface area contributed by atoms with Gasteiger partial charge in [0.2, 0.25) is 0 Å². The van der Waals surface area contributed by atoms with Crippen molar-refractivity contribution in [3.05, 3.63) is 34.9 Å². The monoisotopic (exact) mass is 297 g/mol. The maximum absolute atomic E-state index is 10.1. The second-order valence-electron chi connectivity index (χ2n) is 5.37. The van der Waals surface area contributed by atoms with Crippen LogP contribution < -0.4 is 5.32 Å². The molecule has 0 radical (unpaired) electrons. The van der Waals surface area contributed by atoms with Gasteiger partial charge in [-0.1, -0.05) is 49.1 Å². The Hall–Kier alpha value is -0.610. The predicted octanol–water partition coefficient (Wildman–Crippen LogP) is 3.31. The van der Waals surface area contributed by atoms with E-state index in [1.54, 1.807) is 6.07 Å². The highest BCUT2D eigenvalue weighted by atomic mass is 35.5. The Bertz CT molecular complexity index is 394. The summed E-state index contributed by atoms with van der Waals surface area (Å²) in [4.78, 5) is 0. The number of benzene rings is 1. The second kappa shape index (κ2) is 8.63. The van der Waals surface area contributed by atoms with Crippen molar-refractivity contribution in [1.82, 2.24) is 5.32 Å². The maximum atomic E-state index is 10.1. The van der Waals surface area contributed by atoms with E-state index in [9.17, 15) is 5.11 Å². The Kier molecular flexibility index (Phi) is 6.80. The van der Waals surface area contributed by atoms with Crippen molar-refractivity contribution in [3.63, 3.8) is 0 Å². The third-order valence-corrected chi connectivity index (χ3v) is 4.13. The molecule has 1 aromatic rings. The van der Waals surface area contributed by atoms with E-state index in [-0.39, 0.29) is 0 Å². The van der Waals surface area contributed by atoms with Gasteiger partial charge in [0, 0.05) is 23.7 Å². The zero-order valence-electron chi connectivity index (χ0n) is 11.9. The van der Waals surface area contributed by atoms with Gasteiger partial charge in [0.1, 0.15) is 0 Å². The van der Waals surface area contributed by atoms with Crippen LogP contribution in [-0.2, 0) is 4.74 Å². The molecule has 0 saturated heterocycles. The summed E-state index contributed by atoms with van der Waals surface area (Å²) in [6, 6.07) is 7.40. The number of hydrogen-bond acceptors (Lipinski definition) is 3. The van der Waals surface area contributed by atoms with Gasteiger partial charge in [0.25, 0.3) is 0 Å². The standard InChI is InChI=1S/C16H24ClNO2/c17-15-9-5-4-8-14(15)16(19)12-18-10-11-20-13-6-2-1-3-7-13/h4-5,8-9,13,16,18-19H,1-3,6-7,10-12H2. The lowest BCUT2D eigenvalue weighted by Crippen LogP contribution is -2.27. The van der Waals surface area contributed by atoms with Crippen LogP contribution in [0.5, 0.6) is 0 Å². The van der Waals surface area contributed by atoms with Crippen molar-refractivity contribution in [3.8, 4) is 0 Å². The lowest BCUT2D eigenvalue weighted by molar-refractivity contribution is 0.0292. The normalized spacial score (nSPS) is 18.1. The molecule has 0 amide bonds. The number of halogens is 1. The molecule has 0 bridgehead atoms. The van der Waals surface area contributed by atoms with Gasteiger partial charge in [-0.15, -0.1) is 0 Å². The summed E-state index contributed by atoms with van der Waals surface area (Å²) in [5.74, 6) is 0. The smallest absolute Gasteiger partial charge is 0.0928 e. The predicted molar refractivity (Wildman–Crippen MR) is 82.1 cm³/mol. The first-order valence-corrected chi connectivity index (χ1v) is 7.90. The number of aliphatic hydroxyl groups excluding tert-OH is 1. The average molecular weight is 298 g/mol. The first kappa shape index (κ1) is 15.8. The van der Waals surface area contributed by atoms with Crippen molar-refractivity contribution in [2.45, 2.75) is 44.3 Å². The third kappa shape index (κ3) is 5.06. The highest BCUT2D eigenvalue weighted by Crippen LogP contribution is 2.22. The summed E-state index contributed by atoms with van der Waals surface area (Å²) in [5.41, 5.74) is 0.773. The quantitative estimate of drug-likeness (QED) is 0.759. The van der Waals surface area contributed by atoms with Gasteiger partial charge in [-0.05, 0) is 18.9 Å². The van der Waals surface area contributed by atoms with E-state index in [1.165, 1.54) is 32.1 Å². The Labute approximate surface area is 126 Å². The molecule has 1 unspecified atom stereocenters. The van der Waals surface area contributed by atoms with Crippen LogP contribution in [0.1, 0.15) is 43.8 Å². The van der Waals surface area contributed by atoms with Crippen LogP contribution in [0, 0.1) is 0 Å². The molecule has 0 spiro atoms. The summed E-state index contributed by atoms with van der Waals surface area (Å²) in [7, 11) is 0. The van der Waals surface area contributed by atoms with Crippen molar-refractivity contribution in [2.24, 2.45) is 0 Å². The Balaban J connectivity index is 1.60. The number of hydrogen-bond donors (Lipinski definition) is 2. The SMILES string of the molecule is OC(CNCCOC1CCCCC1)c1ccccc1Cl. The van der Waals surface area contributed by atoms with Crippen LogP contribution >= 0.6 is 11.6 Å². The van der Waals surface area contributed by atoms with Gasteiger partial charge in [-0.25, -0.2) is 0 Å². The van der Waals surface area contributed by atoms with Crippen LogP contribution in [0.3, 0.4) is 0 Å². The molecule has 3 nitrogen and oxygen atoms in total. The van der Waals surface area contributed by atoms with Crippen molar-refractivity contribution >= 4 is 11.6 Å². The lowest BCUT2D eigenvalue weighted by Gasteiger charge is -2.22. The molecule has 1 atom stereocenters. The van der Waals surface area contributed by atoms with Gasteiger partial charge in [-0.3, -0.25) is 0 Å². The summed E-state index contributed by atoms with van der Waals surface area (Å²) in [5, 5.41) is 13.9. The minimum atomic E-state index is -0.571. The van der Waals surface area contributed by atoms with Crippen LogP contribution in [0.25, 0.3) is 0 Å². The molecule has 0 aromatic heterocycles. The molecule has 4 heteroatoms. The maximum Gasteiger partial charge on any atom is 0.0928 e. The highest BCUT2D eigenvalue weighted by molar-refractivity contribution is 6.31. The van der Waals surface area contributed by atoms with Crippen LogP contribution in [-0.4, -0.2) is 30.9 Å². The fraction of sp³-hybridized carbons (Fsp3) is 0.625. The Morgan fingerprint density at radius 1 is 1.25 bits per heavy atom. The zero-order valence-corrected chi connectivity index (χ0v) is 12.6. The summed E-state index contributed by atoms with van der Waals surface area (Å²) < 4.78 is 5.82. The fourth-order valence-electron chi connectivity index (χ4n) is 2.62. The largest absolute Gasteiger partial charge is 0.387 e. The highest BCUT2D eigenvalue weighted by Gasteiger charge is 2.13. The number of rotatable bonds is 7. The van der Waals surface area contributed by atoms with Gasteiger partial charge in [0.15, 0.2) is 0 Å². The molecule has 0 aliphatic heterocycles. The Morgan fingerprint density at radius 3 is 2.75 bits per heavy atom. The summed E-state index contributed by atoms with van der Waals surface area (Å²) in [6.45, 7) is 1.97. The Morgan fingerprint density at radius 2 is 2.00 bits per heavy atom. The molecule has 1 fully saturated rings. The molecule has 2 N–H and O–H groups in total. The zero-order chi connectivity index (χ0) is 14.2. The van der Waals surface area contributed by atoms with E-state index in [4.69, 9.17) is 16.3 Å². The molecule has 1 aliphatic rings. The molecule has 20 heavy (non-hydrogen) atoms.